The summed E-state index contributed by atoms with van der Waals surface area (Å²) in [5, 5.41) is 0. The van der Waals surface area contributed by atoms with Crippen LogP contribution in [0.5, 0.6) is 0 Å². The van der Waals surface area contributed by atoms with Crippen LogP contribution < -0.4 is 0 Å². The van der Waals surface area contributed by atoms with Gasteiger partial charge in [-0.2, -0.15) is 0 Å². The number of hydrogen-bond acceptors (Lipinski definition) is 1. The number of hydrogen-bond donors (Lipinski definition) is 0. The molecule has 0 radical (unpaired) electrons. The van der Waals surface area contributed by atoms with E-state index in [1.807, 2.05) is 0 Å². The second kappa shape index (κ2) is 9.64. The van der Waals surface area contributed by atoms with Crippen molar-refractivity contribution in [3.63, 3.8) is 0 Å². The van der Waals surface area contributed by atoms with Crippen molar-refractivity contribution in [3.8, 4) is 0 Å². The van der Waals surface area contributed by atoms with E-state index in [1.165, 1.54) is 96.2 Å². The van der Waals surface area contributed by atoms with E-state index in [0.29, 0.717) is 5.92 Å². The molecule has 2 rings (SSSR count). The Balaban J connectivity index is 1.57. The van der Waals surface area contributed by atoms with Crippen LogP contribution in [-0.4, -0.2) is 6.29 Å². The fourth-order valence-corrected chi connectivity index (χ4v) is 4.74. The molecule has 0 amide bonds. The quantitative estimate of drug-likeness (QED) is 0.387. The third-order valence-corrected chi connectivity index (χ3v) is 6.28. The molecule has 0 unspecified atom stereocenters. The van der Waals surface area contributed by atoms with E-state index in [2.05, 4.69) is 6.92 Å². The molecule has 2 saturated carbocycles. The third kappa shape index (κ3) is 5.75. The third-order valence-electron chi connectivity index (χ3n) is 6.28. The van der Waals surface area contributed by atoms with Crippen molar-refractivity contribution in [1.82, 2.24) is 0 Å². The van der Waals surface area contributed by atoms with Crippen LogP contribution in [0.25, 0.3) is 0 Å². The van der Waals surface area contributed by atoms with Gasteiger partial charge in [-0.15, -0.1) is 0 Å². The summed E-state index contributed by atoms with van der Waals surface area (Å²) in [4.78, 5) is 10.9. The van der Waals surface area contributed by atoms with Gasteiger partial charge >= 0.3 is 0 Å². The molecule has 0 aliphatic heterocycles. The number of rotatable bonds is 8. The molecule has 122 valence electrons. The van der Waals surface area contributed by atoms with Crippen LogP contribution in [-0.2, 0) is 4.79 Å². The highest BCUT2D eigenvalue weighted by molar-refractivity contribution is 5.53. The summed E-state index contributed by atoms with van der Waals surface area (Å²) in [5.41, 5.74) is 0. The van der Waals surface area contributed by atoms with Crippen LogP contribution in [0.2, 0.25) is 0 Å². The highest BCUT2D eigenvalue weighted by Gasteiger charge is 2.30. The molecule has 0 spiro atoms. The van der Waals surface area contributed by atoms with Crippen molar-refractivity contribution in [1.29, 1.82) is 0 Å². The number of aldehydes is 1. The predicted molar refractivity (Wildman–Crippen MR) is 90.3 cm³/mol. The van der Waals surface area contributed by atoms with Gasteiger partial charge in [0.05, 0.1) is 0 Å². The minimum absolute atomic E-state index is 0.390. The highest BCUT2D eigenvalue weighted by Crippen LogP contribution is 2.41. The number of unbranched alkanes of at least 4 members (excludes halogenated alkanes) is 4. The van der Waals surface area contributed by atoms with E-state index in [9.17, 15) is 4.79 Å². The summed E-state index contributed by atoms with van der Waals surface area (Å²) in [6.45, 7) is 2.30. The lowest BCUT2D eigenvalue weighted by Gasteiger charge is -2.37. The van der Waals surface area contributed by atoms with Crippen LogP contribution in [0, 0.1) is 23.7 Å². The maximum Gasteiger partial charge on any atom is 0.123 e. The summed E-state index contributed by atoms with van der Waals surface area (Å²) in [5.74, 6) is 3.37. The van der Waals surface area contributed by atoms with Gasteiger partial charge in [0, 0.05) is 5.92 Å². The zero-order valence-electron chi connectivity index (χ0n) is 14.2. The molecule has 21 heavy (non-hydrogen) atoms. The van der Waals surface area contributed by atoms with Crippen LogP contribution in [0.4, 0.5) is 0 Å². The highest BCUT2D eigenvalue weighted by atomic mass is 16.1. The molecule has 2 aliphatic rings. The SMILES string of the molecule is CCCCCCC[C@H]1CC[C@H]([C@H]2CC[C@H](C=O)CC2)CC1. The first kappa shape index (κ1) is 17.0. The largest absolute Gasteiger partial charge is 0.303 e. The molecular formula is C20H36O. The molecule has 0 saturated heterocycles. The van der Waals surface area contributed by atoms with Gasteiger partial charge in [-0.05, 0) is 56.3 Å². The molecule has 0 atom stereocenters. The summed E-state index contributed by atoms with van der Waals surface area (Å²) >= 11 is 0. The molecule has 0 bridgehead atoms. The van der Waals surface area contributed by atoms with Crippen molar-refractivity contribution < 1.29 is 4.79 Å². The Morgan fingerprint density at radius 2 is 1.33 bits per heavy atom. The van der Waals surface area contributed by atoms with Crippen molar-refractivity contribution in [2.24, 2.45) is 23.7 Å². The van der Waals surface area contributed by atoms with Gasteiger partial charge in [0.25, 0.3) is 0 Å². The van der Waals surface area contributed by atoms with Gasteiger partial charge in [-0.3, -0.25) is 0 Å². The molecule has 0 heterocycles. The van der Waals surface area contributed by atoms with Crippen LogP contribution >= 0.6 is 0 Å². The molecule has 1 heteroatoms. The molecule has 2 fully saturated rings. The van der Waals surface area contributed by atoms with E-state index in [-0.39, 0.29) is 0 Å². The lowest BCUT2D eigenvalue weighted by Crippen LogP contribution is -2.26. The van der Waals surface area contributed by atoms with Crippen molar-refractivity contribution in [3.05, 3.63) is 0 Å². The lowest BCUT2D eigenvalue weighted by atomic mass is 9.69. The molecule has 2 aliphatic carbocycles. The first-order valence-corrected chi connectivity index (χ1v) is 9.78. The van der Waals surface area contributed by atoms with Crippen molar-refractivity contribution in [2.45, 2.75) is 96.8 Å². The molecule has 0 aromatic heterocycles. The Hall–Kier alpha value is -0.330. The van der Waals surface area contributed by atoms with Gasteiger partial charge < -0.3 is 4.79 Å². The minimum atomic E-state index is 0.390. The zero-order valence-corrected chi connectivity index (χ0v) is 14.2. The van der Waals surface area contributed by atoms with Gasteiger partial charge in [0.1, 0.15) is 6.29 Å². The maximum absolute atomic E-state index is 10.9. The Kier molecular flexibility index (Phi) is 7.82. The topological polar surface area (TPSA) is 17.1 Å². The van der Waals surface area contributed by atoms with Crippen molar-refractivity contribution in [2.75, 3.05) is 0 Å². The molecular weight excluding hydrogens is 256 g/mol. The van der Waals surface area contributed by atoms with E-state index >= 15 is 0 Å². The first-order valence-electron chi connectivity index (χ1n) is 9.78. The second-order valence-corrected chi connectivity index (χ2v) is 7.79. The molecule has 0 N–H and O–H groups in total. The Labute approximate surface area is 132 Å². The van der Waals surface area contributed by atoms with E-state index < -0.39 is 0 Å². The summed E-state index contributed by atoms with van der Waals surface area (Å²) in [7, 11) is 0. The van der Waals surface area contributed by atoms with Gasteiger partial charge in [0.2, 0.25) is 0 Å². The summed E-state index contributed by atoms with van der Waals surface area (Å²) < 4.78 is 0. The van der Waals surface area contributed by atoms with Crippen LogP contribution in [0.1, 0.15) is 96.8 Å². The Bertz CT molecular complexity index is 270. The molecule has 0 aromatic rings. The fraction of sp³-hybridized carbons (Fsp3) is 0.950. The minimum Gasteiger partial charge on any atom is -0.303 e. The fourth-order valence-electron chi connectivity index (χ4n) is 4.74. The van der Waals surface area contributed by atoms with Gasteiger partial charge in [-0.1, -0.05) is 58.3 Å². The lowest BCUT2D eigenvalue weighted by molar-refractivity contribution is -0.112. The molecule has 1 nitrogen and oxygen atoms in total. The number of carbonyl (C=O) groups excluding carboxylic acids is 1. The van der Waals surface area contributed by atoms with Gasteiger partial charge in [0.15, 0.2) is 0 Å². The van der Waals surface area contributed by atoms with Crippen LogP contribution in [0.15, 0.2) is 0 Å². The van der Waals surface area contributed by atoms with Gasteiger partial charge in [-0.25, -0.2) is 0 Å². The van der Waals surface area contributed by atoms with E-state index in [4.69, 9.17) is 0 Å². The Morgan fingerprint density at radius 1 is 0.762 bits per heavy atom. The average molecular weight is 293 g/mol. The summed E-state index contributed by atoms with van der Waals surface area (Å²) in [6.07, 6.45) is 20.8. The number of carbonyl (C=O) groups is 1. The van der Waals surface area contributed by atoms with Crippen molar-refractivity contribution >= 4 is 6.29 Å². The second-order valence-electron chi connectivity index (χ2n) is 7.79. The summed E-state index contributed by atoms with van der Waals surface area (Å²) in [6, 6.07) is 0. The molecule has 0 aromatic carbocycles. The van der Waals surface area contributed by atoms with Crippen LogP contribution in [0.3, 0.4) is 0 Å². The average Bonchev–Trinajstić information content (AvgIpc) is 2.55. The maximum atomic E-state index is 10.9. The smallest absolute Gasteiger partial charge is 0.123 e. The Morgan fingerprint density at radius 3 is 1.90 bits per heavy atom. The zero-order chi connectivity index (χ0) is 14.9. The van der Waals surface area contributed by atoms with E-state index in [0.717, 1.165) is 17.8 Å². The first-order chi connectivity index (χ1) is 10.3. The normalized spacial score (nSPS) is 33.8. The predicted octanol–water partition coefficient (Wildman–Crippen LogP) is 6.16. The monoisotopic (exact) mass is 292 g/mol. The van der Waals surface area contributed by atoms with E-state index in [1.54, 1.807) is 0 Å². The standard InChI is InChI=1S/C20H36O/c1-2-3-4-5-6-7-17-8-12-19(13-9-17)20-14-10-18(16-21)11-15-20/h16-20H,2-15H2,1H3/t17-,18-,19-,20-.